The molecule has 0 bridgehead atoms. The van der Waals surface area contributed by atoms with Crippen LogP contribution in [0.5, 0.6) is 0 Å². The first-order valence-corrected chi connectivity index (χ1v) is 12.4. The highest BCUT2D eigenvalue weighted by Gasteiger charge is 2.56. The van der Waals surface area contributed by atoms with Gasteiger partial charge in [0.25, 0.3) is 0 Å². The summed E-state index contributed by atoms with van der Waals surface area (Å²) < 4.78 is 6.07. The molecule has 0 aliphatic heterocycles. The van der Waals surface area contributed by atoms with Gasteiger partial charge in [-0.1, -0.05) is 57.1 Å². The van der Waals surface area contributed by atoms with Crippen LogP contribution in [-0.4, -0.2) is 46.3 Å². The Morgan fingerprint density at radius 3 is 2.58 bits per heavy atom. The molecular formula is C27H42O4. The number of hydrogen-bond donors (Lipinski definition) is 3. The zero-order valence-corrected chi connectivity index (χ0v) is 19.9. The first-order chi connectivity index (χ1) is 14.7. The van der Waals surface area contributed by atoms with E-state index < -0.39 is 17.8 Å². The number of rotatable bonds is 7. The molecule has 0 aromatic heterocycles. The van der Waals surface area contributed by atoms with Gasteiger partial charge in [-0.3, -0.25) is 0 Å². The van der Waals surface area contributed by atoms with E-state index in [0.717, 1.165) is 32.1 Å². The van der Waals surface area contributed by atoms with Gasteiger partial charge in [0.2, 0.25) is 0 Å². The molecule has 0 spiro atoms. The van der Waals surface area contributed by atoms with Gasteiger partial charge in [-0.25, -0.2) is 0 Å². The molecule has 0 radical (unpaired) electrons. The Morgan fingerprint density at radius 1 is 1.13 bits per heavy atom. The van der Waals surface area contributed by atoms with E-state index in [1.807, 2.05) is 13.8 Å². The van der Waals surface area contributed by atoms with Crippen molar-refractivity contribution in [1.82, 2.24) is 0 Å². The van der Waals surface area contributed by atoms with Crippen molar-refractivity contribution in [1.29, 1.82) is 0 Å². The number of ether oxygens (including phenoxy) is 1. The molecule has 0 aromatic rings. The fourth-order valence-corrected chi connectivity index (χ4v) is 6.99. The lowest BCUT2D eigenvalue weighted by molar-refractivity contribution is -0.0497. The lowest BCUT2D eigenvalue weighted by atomic mass is 9.50. The van der Waals surface area contributed by atoms with Gasteiger partial charge in [0, 0.05) is 18.4 Å². The topological polar surface area (TPSA) is 69.9 Å². The van der Waals surface area contributed by atoms with Crippen molar-refractivity contribution in [2.75, 3.05) is 13.2 Å². The summed E-state index contributed by atoms with van der Waals surface area (Å²) >= 11 is 0. The van der Waals surface area contributed by atoms with Crippen LogP contribution in [0.25, 0.3) is 0 Å². The third-order valence-corrected chi connectivity index (χ3v) is 9.68. The summed E-state index contributed by atoms with van der Waals surface area (Å²) in [6.45, 7) is 9.95. The number of hydrogen-bond acceptors (Lipinski definition) is 4. The van der Waals surface area contributed by atoms with Crippen molar-refractivity contribution in [3.8, 4) is 0 Å². The molecule has 4 aliphatic carbocycles. The Morgan fingerprint density at radius 2 is 1.87 bits per heavy atom. The van der Waals surface area contributed by atoms with Gasteiger partial charge in [-0.05, 0) is 67.8 Å². The summed E-state index contributed by atoms with van der Waals surface area (Å²) in [7, 11) is 0. The maximum absolute atomic E-state index is 11.0. The molecule has 3 N–H and O–H groups in total. The van der Waals surface area contributed by atoms with Crippen molar-refractivity contribution in [3.05, 3.63) is 34.9 Å². The van der Waals surface area contributed by atoms with Gasteiger partial charge in [-0.2, -0.15) is 0 Å². The zero-order chi connectivity index (χ0) is 22.4. The average molecular weight is 431 g/mol. The van der Waals surface area contributed by atoms with E-state index in [0.29, 0.717) is 44.3 Å². The van der Waals surface area contributed by atoms with Crippen LogP contribution in [0, 0.1) is 22.7 Å². The minimum absolute atomic E-state index is 0.120. The highest BCUT2D eigenvalue weighted by molar-refractivity contribution is 5.43. The fourth-order valence-electron chi connectivity index (χ4n) is 6.99. The van der Waals surface area contributed by atoms with Crippen LogP contribution in [0.1, 0.15) is 79.1 Å². The summed E-state index contributed by atoms with van der Waals surface area (Å²) in [5.74, 6) is 0.840. The summed E-state index contributed by atoms with van der Waals surface area (Å²) in [4.78, 5) is 0. The van der Waals surface area contributed by atoms with Crippen LogP contribution in [-0.2, 0) is 4.74 Å². The number of aliphatic hydroxyl groups excluding tert-OH is 2. The monoisotopic (exact) mass is 430 g/mol. The second-order valence-electron chi connectivity index (χ2n) is 11.0. The van der Waals surface area contributed by atoms with Crippen molar-refractivity contribution >= 4 is 0 Å². The molecule has 0 heterocycles. The summed E-state index contributed by atoms with van der Waals surface area (Å²) in [5.41, 5.74) is 3.41. The Hall–Kier alpha value is -0.940. The van der Waals surface area contributed by atoms with Gasteiger partial charge >= 0.3 is 0 Å². The third kappa shape index (κ3) is 3.78. The molecule has 174 valence electrons. The molecule has 0 unspecified atom stereocenters. The standard InChI is InChI=1S/C27H42O4/c1-5-27(30,6-2)13-14-31-17-19-8-10-22-21-9-7-18-15-20(28)16-24(29)26(18,4)23(21)11-12-25(19,22)3/h7-9,20,22-24,28-30H,5-6,10-17H2,1-4H3/t20-,22+,23+,24+,25-,26+/m1/s1. The molecule has 0 aromatic carbocycles. The largest absolute Gasteiger partial charge is 0.393 e. The molecule has 31 heavy (non-hydrogen) atoms. The van der Waals surface area contributed by atoms with E-state index >= 15 is 0 Å². The van der Waals surface area contributed by atoms with Gasteiger partial charge in [0.15, 0.2) is 0 Å². The van der Waals surface area contributed by atoms with Crippen molar-refractivity contribution < 1.29 is 20.1 Å². The molecule has 4 heteroatoms. The minimum Gasteiger partial charge on any atom is -0.393 e. The predicted octanol–water partition coefficient (Wildman–Crippen LogP) is 4.70. The van der Waals surface area contributed by atoms with Crippen molar-refractivity contribution in [2.45, 2.75) is 96.9 Å². The number of aliphatic hydroxyl groups is 3. The van der Waals surface area contributed by atoms with Gasteiger partial charge in [0.1, 0.15) is 0 Å². The lowest BCUT2D eigenvalue weighted by Gasteiger charge is -2.56. The lowest BCUT2D eigenvalue weighted by Crippen LogP contribution is -2.52. The second-order valence-corrected chi connectivity index (χ2v) is 11.0. The Labute approximate surface area is 188 Å². The third-order valence-electron chi connectivity index (χ3n) is 9.68. The molecule has 0 amide bonds. The van der Waals surface area contributed by atoms with E-state index in [9.17, 15) is 15.3 Å². The molecular weight excluding hydrogens is 388 g/mol. The Balaban J connectivity index is 1.46. The molecule has 4 rings (SSSR count). The van der Waals surface area contributed by atoms with E-state index in [2.05, 4.69) is 32.1 Å². The zero-order valence-electron chi connectivity index (χ0n) is 19.9. The van der Waals surface area contributed by atoms with Gasteiger partial charge in [0.05, 0.1) is 24.4 Å². The minimum atomic E-state index is -0.602. The molecule has 2 fully saturated rings. The first-order valence-electron chi connectivity index (χ1n) is 12.4. The van der Waals surface area contributed by atoms with Crippen LogP contribution >= 0.6 is 0 Å². The molecule has 6 atom stereocenters. The fraction of sp³-hybridized carbons (Fsp3) is 0.778. The predicted molar refractivity (Wildman–Crippen MR) is 124 cm³/mol. The quantitative estimate of drug-likeness (QED) is 0.405. The molecule has 0 saturated heterocycles. The highest BCUT2D eigenvalue weighted by Crippen LogP contribution is 2.63. The van der Waals surface area contributed by atoms with Gasteiger partial charge < -0.3 is 20.1 Å². The SMILES string of the molecule is CCC(O)(CC)CCOCC1=CC[C@H]2C3=CC=C4C[C@@H](O)C[C@H](O)[C@]4(C)[C@H]3CC[C@]12C. The van der Waals surface area contributed by atoms with E-state index in [4.69, 9.17) is 4.74 Å². The van der Waals surface area contributed by atoms with E-state index in [1.165, 1.54) is 16.7 Å². The Kier molecular flexibility index (Phi) is 6.33. The van der Waals surface area contributed by atoms with Crippen molar-refractivity contribution in [2.24, 2.45) is 22.7 Å². The number of fused-ring (bicyclic) bond motifs is 5. The van der Waals surface area contributed by atoms with Crippen LogP contribution in [0.3, 0.4) is 0 Å². The van der Waals surface area contributed by atoms with Crippen LogP contribution < -0.4 is 0 Å². The highest BCUT2D eigenvalue weighted by atomic mass is 16.5. The molecule has 4 aliphatic rings. The maximum atomic E-state index is 11.0. The summed E-state index contributed by atoms with van der Waals surface area (Å²) in [6.07, 6.45) is 12.6. The van der Waals surface area contributed by atoms with Crippen LogP contribution in [0.15, 0.2) is 34.9 Å². The van der Waals surface area contributed by atoms with E-state index in [1.54, 1.807) is 0 Å². The summed E-state index contributed by atoms with van der Waals surface area (Å²) in [5, 5.41) is 31.7. The van der Waals surface area contributed by atoms with Crippen LogP contribution in [0.4, 0.5) is 0 Å². The van der Waals surface area contributed by atoms with E-state index in [-0.39, 0.29) is 10.8 Å². The number of allylic oxidation sites excluding steroid dienone is 4. The maximum Gasteiger partial charge on any atom is 0.0682 e. The Bertz CT molecular complexity index is 776. The molecule has 2 saturated carbocycles. The van der Waals surface area contributed by atoms with Gasteiger partial charge in [-0.15, -0.1) is 0 Å². The second kappa shape index (κ2) is 8.44. The summed E-state index contributed by atoms with van der Waals surface area (Å²) in [6, 6.07) is 0. The average Bonchev–Trinajstić information content (AvgIpc) is 3.08. The van der Waals surface area contributed by atoms with Crippen molar-refractivity contribution in [3.63, 3.8) is 0 Å². The smallest absolute Gasteiger partial charge is 0.0682 e. The molecule has 4 nitrogen and oxygen atoms in total. The normalized spacial score (nSPS) is 39.8. The van der Waals surface area contributed by atoms with Crippen LogP contribution in [0.2, 0.25) is 0 Å². The first kappa shape index (κ1) is 23.2.